The Hall–Kier alpha value is -3.54. The second-order valence-corrected chi connectivity index (χ2v) is 9.96. The molecule has 1 aliphatic heterocycles. The molecule has 2 amide bonds. The Kier molecular flexibility index (Phi) is 4.63. The Balaban J connectivity index is 1.26. The van der Waals surface area contributed by atoms with E-state index in [-0.39, 0.29) is 52.5 Å². The molecule has 7 rings (SSSR count). The van der Waals surface area contributed by atoms with Crippen LogP contribution in [0.2, 0.25) is 0 Å². The molecule has 0 spiro atoms. The summed E-state index contributed by atoms with van der Waals surface area (Å²) in [5.74, 6) is -0.999. The molecule has 172 valence electrons. The van der Waals surface area contributed by atoms with E-state index in [9.17, 15) is 19.2 Å². The molecule has 2 aromatic rings. The molecule has 2 saturated carbocycles. The lowest BCUT2D eigenvalue weighted by Gasteiger charge is -2.37. The molecule has 2 aromatic carbocycles. The summed E-state index contributed by atoms with van der Waals surface area (Å²) < 4.78 is 5.50. The average Bonchev–Trinajstić information content (AvgIpc) is 3.62. The first-order chi connectivity index (χ1) is 16.4. The highest BCUT2D eigenvalue weighted by molar-refractivity contribution is 6.24. The van der Waals surface area contributed by atoms with E-state index in [1.54, 1.807) is 30.3 Å². The molecule has 5 aliphatic rings. The number of allylic oxidation sites excluding steroid dienone is 2. The van der Waals surface area contributed by atoms with E-state index in [1.807, 2.05) is 19.1 Å². The van der Waals surface area contributed by atoms with Crippen molar-refractivity contribution >= 4 is 29.3 Å². The number of aryl methyl sites for hydroxylation is 1. The number of rotatable bonds is 5. The van der Waals surface area contributed by atoms with E-state index in [2.05, 4.69) is 12.2 Å². The van der Waals surface area contributed by atoms with Crippen molar-refractivity contribution in [3.63, 3.8) is 0 Å². The topological polar surface area (TPSA) is 80.8 Å². The zero-order valence-corrected chi connectivity index (χ0v) is 19.0. The van der Waals surface area contributed by atoms with Gasteiger partial charge in [0.15, 0.2) is 6.10 Å². The predicted molar refractivity (Wildman–Crippen MR) is 124 cm³/mol. The van der Waals surface area contributed by atoms with Crippen LogP contribution in [0.4, 0.5) is 5.69 Å². The standard InChI is InChI=1S/C28H25NO5/c1-14-7-9-16(10-8-14)25(30)15(2)34-28(33)19-5-3-4-6-22(19)29-26(31)23-17-11-12-18(21-13-20(17)21)24(23)27(29)32/h3-12,15,17-18,20-21,23-24H,13H2,1-2H3/t15-,17-,18-,20-,21+,23-,24+/m0/s1. The van der Waals surface area contributed by atoms with E-state index in [0.29, 0.717) is 17.4 Å². The average molecular weight is 456 g/mol. The van der Waals surface area contributed by atoms with Crippen molar-refractivity contribution < 1.29 is 23.9 Å². The maximum Gasteiger partial charge on any atom is 0.340 e. The van der Waals surface area contributed by atoms with Gasteiger partial charge in [-0.25, -0.2) is 9.69 Å². The fourth-order valence-electron chi connectivity index (χ4n) is 6.27. The first kappa shape index (κ1) is 21.0. The first-order valence-corrected chi connectivity index (χ1v) is 11.8. The summed E-state index contributed by atoms with van der Waals surface area (Å²) in [5, 5.41) is 0. The van der Waals surface area contributed by atoms with Crippen LogP contribution in [0.5, 0.6) is 0 Å². The van der Waals surface area contributed by atoms with Gasteiger partial charge in [-0.1, -0.05) is 54.1 Å². The van der Waals surface area contributed by atoms with Crippen LogP contribution in [-0.2, 0) is 14.3 Å². The Labute approximate surface area is 197 Å². The largest absolute Gasteiger partial charge is 0.451 e. The third-order valence-corrected chi connectivity index (χ3v) is 8.02. The van der Waals surface area contributed by atoms with Crippen LogP contribution in [0, 0.1) is 42.4 Å². The SMILES string of the molecule is Cc1ccc(C(=O)[C@H](C)OC(=O)c2ccccc2N2C(=O)[C@@H]3[C@H]4C=C[C@@H]([C@@H]5C[C@H]45)[C@@H]3C2=O)cc1. The smallest absolute Gasteiger partial charge is 0.340 e. The zero-order chi connectivity index (χ0) is 23.7. The molecule has 0 unspecified atom stereocenters. The minimum atomic E-state index is -1.01. The molecule has 1 saturated heterocycles. The molecule has 3 fully saturated rings. The third kappa shape index (κ3) is 3.01. The number of anilines is 1. The maximum absolute atomic E-state index is 13.5. The van der Waals surface area contributed by atoms with Gasteiger partial charge < -0.3 is 4.74 Å². The van der Waals surface area contributed by atoms with Gasteiger partial charge >= 0.3 is 5.97 Å². The lowest BCUT2D eigenvalue weighted by molar-refractivity contribution is -0.124. The number of amides is 2. The van der Waals surface area contributed by atoms with Gasteiger partial charge in [0.1, 0.15) is 0 Å². The van der Waals surface area contributed by atoms with Crippen LogP contribution in [-0.4, -0.2) is 29.7 Å². The third-order valence-electron chi connectivity index (χ3n) is 8.02. The van der Waals surface area contributed by atoms with Crippen molar-refractivity contribution in [2.75, 3.05) is 4.90 Å². The van der Waals surface area contributed by atoms with E-state index >= 15 is 0 Å². The summed E-state index contributed by atoms with van der Waals surface area (Å²) in [6.07, 6.45) is 4.31. The molecular formula is C28H25NO5. The van der Waals surface area contributed by atoms with Crippen molar-refractivity contribution in [1.29, 1.82) is 0 Å². The summed E-state index contributed by atoms with van der Waals surface area (Å²) in [7, 11) is 0. The highest BCUT2D eigenvalue weighted by atomic mass is 16.5. The van der Waals surface area contributed by atoms with Crippen molar-refractivity contribution in [2.45, 2.75) is 26.4 Å². The molecule has 7 atom stereocenters. The van der Waals surface area contributed by atoms with Gasteiger partial charge in [0, 0.05) is 5.56 Å². The lowest BCUT2D eigenvalue weighted by atomic mass is 9.63. The van der Waals surface area contributed by atoms with Crippen molar-refractivity contribution in [2.24, 2.45) is 35.5 Å². The quantitative estimate of drug-likeness (QED) is 0.295. The van der Waals surface area contributed by atoms with Crippen LogP contribution in [0.3, 0.4) is 0 Å². The number of ketones is 1. The van der Waals surface area contributed by atoms with Gasteiger partial charge in [-0.3, -0.25) is 14.4 Å². The number of para-hydroxylation sites is 1. The highest BCUT2D eigenvalue weighted by Crippen LogP contribution is 2.65. The van der Waals surface area contributed by atoms with E-state index in [0.717, 1.165) is 12.0 Å². The van der Waals surface area contributed by atoms with Crippen LogP contribution < -0.4 is 4.90 Å². The maximum atomic E-state index is 13.5. The van der Waals surface area contributed by atoms with Gasteiger partial charge in [0.05, 0.1) is 23.1 Å². The number of carbonyl (C=O) groups excluding carboxylic acids is 4. The van der Waals surface area contributed by atoms with E-state index in [1.165, 1.54) is 17.9 Å². The van der Waals surface area contributed by atoms with Gasteiger partial charge in [0.25, 0.3) is 0 Å². The molecule has 4 aliphatic carbocycles. The molecule has 6 nitrogen and oxygen atoms in total. The van der Waals surface area contributed by atoms with Gasteiger partial charge in [-0.15, -0.1) is 0 Å². The number of carbonyl (C=O) groups is 4. The minimum Gasteiger partial charge on any atom is -0.451 e. The number of imide groups is 1. The lowest BCUT2D eigenvalue weighted by Crippen LogP contribution is -2.40. The number of benzene rings is 2. The van der Waals surface area contributed by atoms with Gasteiger partial charge in [-0.2, -0.15) is 0 Å². The molecule has 1 heterocycles. The van der Waals surface area contributed by atoms with Gasteiger partial charge in [0.2, 0.25) is 17.6 Å². The molecule has 2 bridgehead atoms. The Morgan fingerprint density at radius 3 is 2.12 bits per heavy atom. The predicted octanol–water partition coefficient (Wildman–Crippen LogP) is 3.98. The number of hydrogen-bond donors (Lipinski definition) is 0. The summed E-state index contributed by atoms with van der Waals surface area (Å²) in [4.78, 5) is 54.0. The molecule has 0 N–H and O–H groups in total. The molecular weight excluding hydrogens is 430 g/mol. The number of hydrogen-bond acceptors (Lipinski definition) is 5. The Bertz CT molecular complexity index is 1230. The summed E-state index contributed by atoms with van der Waals surface area (Å²) in [6.45, 7) is 3.45. The second kappa shape index (κ2) is 7.49. The Morgan fingerprint density at radius 2 is 1.50 bits per heavy atom. The van der Waals surface area contributed by atoms with Crippen molar-refractivity contribution in [3.05, 3.63) is 77.4 Å². The normalized spacial score (nSPS) is 31.2. The van der Waals surface area contributed by atoms with Crippen molar-refractivity contribution in [1.82, 2.24) is 0 Å². The van der Waals surface area contributed by atoms with E-state index in [4.69, 9.17) is 4.74 Å². The van der Waals surface area contributed by atoms with Gasteiger partial charge in [-0.05, 0) is 56.1 Å². The van der Waals surface area contributed by atoms with Crippen LogP contribution in [0.25, 0.3) is 0 Å². The van der Waals surface area contributed by atoms with Crippen LogP contribution >= 0.6 is 0 Å². The molecule has 34 heavy (non-hydrogen) atoms. The minimum absolute atomic E-state index is 0.104. The Morgan fingerprint density at radius 1 is 0.912 bits per heavy atom. The second-order valence-electron chi connectivity index (χ2n) is 9.96. The number of Topliss-reactive ketones (excluding diaryl/α,β-unsaturated/α-hetero) is 1. The zero-order valence-electron chi connectivity index (χ0n) is 19.0. The fraction of sp³-hybridized carbons (Fsp3) is 0.357. The van der Waals surface area contributed by atoms with E-state index < -0.39 is 12.1 Å². The molecule has 0 aromatic heterocycles. The van der Waals surface area contributed by atoms with Crippen LogP contribution in [0.1, 0.15) is 39.6 Å². The molecule has 0 radical (unpaired) electrons. The number of esters is 1. The summed E-state index contributed by atoms with van der Waals surface area (Å²) >= 11 is 0. The van der Waals surface area contributed by atoms with Crippen LogP contribution in [0.15, 0.2) is 60.7 Å². The monoisotopic (exact) mass is 455 g/mol. The number of nitrogens with zero attached hydrogens (tertiary/aromatic N) is 1. The highest BCUT2D eigenvalue weighted by Gasteiger charge is 2.67. The fourth-order valence-corrected chi connectivity index (χ4v) is 6.27. The summed E-state index contributed by atoms with van der Waals surface area (Å²) in [5.41, 5.74) is 1.82. The summed E-state index contributed by atoms with van der Waals surface area (Å²) in [6, 6.07) is 13.5. The first-order valence-electron chi connectivity index (χ1n) is 11.8. The molecule has 6 heteroatoms. The number of ether oxygens (including phenoxy) is 1. The van der Waals surface area contributed by atoms with Crippen molar-refractivity contribution in [3.8, 4) is 0 Å².